The van der Waals surface area contributed by atoms with Gasteiger partial charge in [-0.2, -0.15) is 0 Å². The minimum atomic E-state index is -0.376. The predicted octanol–water partition coefficient (Wildman–Crippen LogP) is 2.93. The van der Waals surface area contributed by atoms with Gasteiger partial charge in [0.2, 0.25) is 0 Å². The number of methoxy groups -OCH3 is 1. The van der Waals surface area contributed by atoms with Gasteiger partial charge < -0.3 is 9.47 Å². The number of esters is 1. The summed E-state index contributed by atoms with van der Waals surface area (Å²) in [5.74, 6) is 0.293. The van der Waals surface area contributed by atoms with Gasteiger partial charge >= 0.3 is 5.97 Å². The summed E-state index contributed by atoms with van der Waals surface area (Å²) < 4.78 is 9.49. The van der Waals surface area contributed by atoms with Gasteiger partial charge in [-0.15, -0.1) is 0 Å². The highest BCUT2D eigenvalue weighted by Gasteiger charge is 1.99. The quantitative estimate of drug-likeness (QED) is 0.779. The molecule has 0 aliphatic carbocycles. The van der Waals surface area contributed by atoms with Crippen molar-refractivity contribution in [1.82, 2.24) is 0 Å². The molecule has 2 rings (SSSR count). The van der Waals surface area contributed by atoms with Crippen LogP contribution in [0.25, 0.3) is 0 Å². The molecule has 0 aromatic heterocycles. The topological polar surface area (TPSA) is 35.5 Å². The van der Waals surface area contributed by atoms with Crippen LogP contribution in [-0.2, 0) is 9.53 Å². The van der Waals surface area contributed by atoms with Gasteiger partial charge in [-0.3, -0.25) is 0 Å². The largest absolute Gasteiger partial charge is 0.482 e. The van der Waals surface area contributed by atoms with E-state index in [9.17, 15) is 4.79 Å². The van der Waals surface area contributed by atoms with E-state index in [1.165, 1.54) is 7.11 Å². The minimum Gasteiger partial charge on any atom is -0.482 e. The molecule has 0 radical (unpaired) electrons. The van der Waals surface area contributed by atoms with Crippen LogP contribution >= 0.6 is 0 Å². The minimum absolute atomic E-state index is 0.0412. The van der Waals surface area contributed by atoms with Crippen LogP contribution in [0.15, 0.2) is 66.7 Å². The summed E-state index contributed by atoms with van der Waals surface area (Å²) in [6, 6.07) is 21.1. The second-order valence-electron chi connectivity index (χ2n) is 3.33. The zero-order chi connectivity index (χ0) is 13.1. The van der Waals surface area contributed by atoms with Crippen molar-refractivity contribution in [3.05, 3.63) is 66.7 Å². The van der Waals surface area contributed by atoms with Gasteiger partial charge in [0.15, 0.2) is 6.61 Å². The molecule has 0 aliphatic rings. The van der Waals surface area contributed by atoms with Crippen LogP contribution in [-0.4, -0.2) is 19.7 Å². The molecule has 0 atom stereocenters. The Hall–Kier alpha value is -2.29. The van der Waals surface area contributed by atoms with Crippen LogP contribution in [0.4, 0.5) is 0 Å². The molecule has 2 aromatic carbocycles. The number of hydrogen-bond donors (Lipinski definition) is 0. The van der Waals surface area contributed by atoms with Gasteiger partial charge in [-0.05, 0) is 12.1 Å². The zero-order valence-electron chi connectivity index (χ0n) is 10.3. The Morgan fingerprint density at radius 2 is 1.33 bits per heavy atom. The van der Waals surface area contributed by atoms with Crippen LogP contribution in [0.5, 0.6) is 5.75 Å². The van der Waals surface area contributed by atoms with Gasteiger partial charge in [0.25, 0.3) is 0 Å². The van der Waals surface area contributed by atoms with E-state index < -0.39 is 0 Å². The number of hydrogen-bond acceptors (Lipinski definition) is 3. The molecular formula is C15H16O3. The lowest BCUT2D eigenvalue weighted by Gasteiger charge is -2.02. The normalized spacial score (nSPS) is 8.72. The molecule has 0 fully saturated rings. The van der Waals surface area contributed by atoms with E-state index in [0.29, 0.717) is 5.75 Å². The highest BCUT2D eigenvalue weighted by atomic mass is 16.6. The second-order valence-corrected chi connectivity index (χ2v) is 3.33. The van der Waals surface area contributed by atoms with Crippen molar-refractivity contribution in [2.45, 2.75) is 0 Å². The summed E-state index contributed by atoms with van der Waals surface area (Å²) >= 11 is 0. The predicted molar refractivity (Wildman–Crippen MR) is 70.4 cm³/mol. The van der Waals surface area contributed by atoms with Gasteiger partial charge in [-0.25, -0.2) is 4.79 Å². The van der Waals surface area contributed by atoms with Crippen molar-refractivity contribution in [2.75, 3.05) is 13.7 Å². The molecule has 0 saturated carbocycles. The molecule has 3 heteroatoms. The Morgan fingerprint density at radius 1 is 0.889 bits per heavy atom. The second kappa shape index (κ2) is 8.82. The highest BCUT2D eigenvalue weighted by molar-refractivity contribution is 5.70. The summed E-state index contributed by atoms with van der Waals surface area (Å²) in [7, 11) is 1.33. The van der Waals surface area contributed by atoms with E-state index in [0.717, 1.165) is 0 Å². The monoisotopic (exact) mass is 244 g/mol. The fraction of sp³-hybridized carbons (Fsp3) is 0.133. The summed E-state index contributed by atoms with van der Waals surface area (Å²) in [5, 5.41) is 0. The third kappa shape index (κ3) is 6.33. The molecule has 0 aliphatic heterocycles. The highest BCUT2D eigenvalue weighted by Crippen LogP contribution is 2.07. The van der Waals surface area contributed by atoms with E-state index in [2.05, 4.69) is 4.74 Å². The first-order chi connectivity index (χ1) is 8.83. The molecule has 3 nitrogen and oxygen atoms in total. The molecule has 0 N–H and O–H groups in total. The van der Waals surface area contributed by atoms with E-state index in [-0.39, 0.29) is 12.6 Å². The van der Waals surface area contributed by atoms with Crippen LogP contribution < -0.4 is 4.74 Å². The number of rotatable bonds is 3. The van der Waals surface area contributed by atoms with Crippen molar-refractivity contribution < 1.29 is 14.3 Å². The van der Waals surface area contributed by atoms with Crippen LogP contribution in [0, 0.1) is 0 Å². The molecule has 0 unspecified atom stereocenters. The van der Waals surface area contributed by atoms with Crippen LogP contribution in [0.1, 0.15) is 0 Å². The van der Waals surface area contributed by atoms with Crippen molar-refractivity contribution in [1.29, 1.82) is 0 Å². The molecule has 18 heavy (non-hydrogen) atoms. The Morgan fingerprint density at radius 3 is 1.78 bits per heavy atom. The number of para-hydroxylation sites is 1. The third-order valence-corrected chi connectivity index (χ3v) is 1.99. The average molecular weight is 244 g/mol. The lowest BCUT2D eigenvalue weighted by Crippen LogP contribution is -2.12. The number of ether oxygens (including phenoxy) is 2. The van der Waals surface area contributed by atoms with Crippen molar-refractivity contribution in [3.63, 3.8) is 0 Å². The Labute approximate surface area is 107 Å². The van der Waals surface area contributed by atoms with Gasteiger partial charge in [-0.1, -0.05) is 54.6 Å². The molecule has 0 bridgehead atoms. The SMILES string of the molecule is COC(=O)COc1ccccc1.c1ccccc1. The zero-order valence-corrected chi connectivity index (χ0v) is 10.3. The maximum Gasteiger partial charge on any atom is 0.343 e. The smallest absolute Gasteiger partial charge is 0.343 e. The first kappa shape index (κ1) is 13.8. The van der Waals surface area contributed by atoms with E-state index in [1.54, 1.807) is 12.1 Å². The Bertz CT molecular complexity index is 399. The Balaban J connectivity index is 0.000000225. The standard InChI is InChI=1S/C9H10O3.C6H6/c1-11-9(10)7-12-8-5-3-2-4-6-8;1-2-4-6-5-3-1/h2-6H,7H2,1H3;1-6H. The first-order valence-electron chi connectivity index (χ1n) is 5.57. The summed E-state index contributed by atoms with van der Waals surface area (Å²) in [5.41, 5.74) is 0. The lowest BCUT2D eigenvalue weighted by molar-refractivity contribution is -0.142. The van der Waals surface area contributed by atoms with Crippen molar-refractivity contribution >= 4 is 5.97 Å². The van der Waals surface area contributed by atoms with Gasteiger partial charge in [0.1, 0.15) is 5.75 Å². The third-order valence-electron chi connectivity index (χ3n) is 1.99. The van der Waals surface area contributed by atoms with Crippen LogP contribution in [0.3, 0.4) is 0 Å². The Kier molecular flexibility index (Phi) is 6.75. The maximum atomic E-state index is 10.6. The molecule has 0 spiro atoms. The van der Waals surface area contributed by atoms with E-state index in [1.807, 2.05) is 54.6 Å². The fourth-order valence-electron chi connectivity index (χ4n) is 1.10. The number of carbonyl (C=O) groups is 1. The molecule has 94 valence electrons. The van der Waals surface area contributed by atoms with E-state index >= 15 is 0 Å². The van der Waals surface area contributed by atoms with Gasteiger partial charge in [0, 0.05) is 0 Å². The molecule has 2 aromatic rings. The molecule has 0 amide bonds. The first-order valence-corrected chi connectivity index (χ1v) is 5.57. The molecule has 0 heterocycles. The molecule has 0 saturated heterocycles. The summed E-state index contributed by atoms with van der Waals surface area (Å²) in [6.45, 7) is -0.0412. The number of carbonyl (C=O) groups excluding carboxylic acids is 1. The fourth-order valence-corrected chi connectivity index (χ4v) is 1.10. The lowest BCUT2D eigenvalue weighted by atomic mass is 10.3. The van der Waals surface area contributed by atoms with E-state index in [4.69, 9.17) is 4.74 Å². The van der Waals surface area contributed by atoms with Crippen molar-refractivity contribution in [2.24, 2.45) is 0 Å². The van der Waals surface area contributed by atoms with Crippen LogP contribution in [0.2, 0.25) is 0 Å². The average Bonchev–Trinajstić information content (AvgIpc) is 2.48. The maximum absolute atomic E-state index is 10.6. The van der Waals surface area contributed by atoms with Gasteiger partial charge in [0.05, 0.1) is 7.11 Å². The molecular weight excluding hydrogens is 228 g/mol. The number of benzene rings is 2. The summed E-state index contributed by atoms with van der Waals surface area (Å²) in [6.07, 6.45) is 0. The summed E-state index contributed by atoms with van der Waals surface area (Å²) in [4.78, 5) is 10.6. The van der Waals surface area contributed by atoms with Crippen molar-refractivity contribution in [3.8, 4) is 5.75 Å².